The molecule has 1 atom stereocenters. The Morgan fingerprint density at radius 3 is 2.26 bits per heavy atom. The summed E-state index contributed by atoms with van der Waals surface area (Å²) in [5, 5.41) is 13.1. The van der Waals surface area contributed by atoms with Crippen LogP contribution in [0.4, 0.5) is 5.69 Å². The average Bonchev–Trinajstić information content (AvgIpc) is 3.40. The Morgan fingerprint density at radius 1 is 0.881 bits per heavy atom. The number of aryl methyl sites for hydroxylation is 1. The number of carboxylic acid groups (broad SMARTS) is 1. The second-order valence-electron chi connectivity index (χ2n) is 9.99. The maximum absolute atomic E-state index is 13.0. The van der Waals surface area contributed by atoms with Gasteiger partial charge in [-0.1, -0.05) is 72.8 Å². The van der Waals surface area contributed by atoms with Crippen LogP contribution in [0, 0.1) is 12.8 Å². The van der Waals surface area contributed by atoms with Crippen molar-refractivity contribution < 1.29 is 23.8 Å². The van der Waals surface area contributed by atoms with E-state index in [1.165, 1.54) is 0 Å². The average molecular weight is 561 g/mol. The lowest BCUT2D eigenvalue weighted by Crippen LogP contribution is -2.25. The van der Waals surface area contributed by atoms with Crippen LogP contribution in [0.5, 0.6) is 5.75 Å². The van der Waals surface area contributed by atoms with Crippen molar-refractivity contribution in [3.8, 4) is 17.2 Å². The first-order valence-electron chi connectivity index (χ1n) is 13.9. The van der Waals surface area contributed by atoms with Gasteiger partial charge in [-0.25, -0.2) is 4.98 Å². The third kappa shape index (κ3) is 7.12. The highest BCUT2D eigenvalue weighted by Gasteiger charge is 2.20. The Kier molecular flexibility index (Phi) is 9.09. The molecule has 1 aromatic heterocycles. The largest absolute Gasteiger partial charge is 0.493 e. The van der Waals surface area contributed by atoms with Gasteiger partial charge in [0.15, 0.2) is 5.78 Å². The summed E-state index contributed by atoms with van der Waals surface area (Å²) in [6, 6.07) is 33.4. The quantitative estimate of drug-likeness (QED) is 0.152. The fourth-order valence-electron chi connectivity index (χ4n) is 4.70. The molecule has 0 radical (unpaired) electrons. The molecule has 5 aromatic rings. The number of nitrogens with zero attached hydrogens (tertiary/aromatic N) is 1. The van der Waals surface area contributed by atoms with Gasteiger partial charge >= 0.3 is 5.97 Å². The Labute approximate surface area is 244 Å². The standard InChI is InChI=1S/C35H32N2O5/c1-24-31(37-34(42-24)27-12-6-3-7-13-27)20-21-41-29-18-16-25(17-19-29)22-28(35(39)40)23-36-32-15-9-8-14-30(32)33(38)26-10-4-2-5-11-26/h2-19,28,36H,20-23H2,1H3,(H,39,40)/t28-/m1/s1. The number of carbonyl (C=O) groups is 2. The van der Waals surface area contributed by atoms with E-state index in [0.717, 1.165) is 22.6 Å². The highest BCUT2D eigenvalue weighted by molar-refractivity contribution is 6.12. The van der Waals surface area contributed by atoms with Gasteiger partial charge in [-0.15, -0.1) is 0 Å². The molecule has 0 amide bonds. The van der Waals surface area contributed by atoms with E-state index in [9.17, 15) is 14.7 Å². The molecule has 2 N–H and O–H groups in total. The monoisotopic (exact) mass is 560 g/mol. The number of para-hydroxylation sites is 1. The number of nitrogens with one attached hydrogen (secondary N) is 1. The first kappa shape index (κ1) is 28.4. The minimum absolute atomic E-state index is 0.114. The van der Waals surface area contributed by atoms with Crippen LogP contribution < -0.4 is 10.1 Å². The molecule has 0 bridgehead atoms. The van der Waals surface area contributed by atoms with E-state index in [-0.39, 0.29) is 12.3 Å². The van der Waals surface area contributed by atoms with Gasteiger partial charge in [-0.3, -0.25) is 9.59 Å². The van der Waals surface area contributed by atoms with Gasteiger partial charge in [0.25, 0.3) is 0 Å². The lowest BCUT2D eigenvalue weighted by molar-refractivity contribution is -0.141. The summed E-state index contributed by atoms with van der Waals surface area (Å²) >= 11 is 0. The minimum Gasteiger partial charge on any atom is -0.493 e. The number of anilines is 1. The first-order valence-corrected chi connectivity index (χ1v) is 13.9. The zero-order valence-electron chi connectivity index (χ0n) is 23.3. The van der Waals surface area contributed by atoms with Gasteiger partial charge in [-0.2, -0.15) is 0 Å². The highest BCUT2D eigenvalue weighted by Crippen LogP contribution is 2.23. The number of oxazole rings is 1. The van der Waals surface area contributed by atoms with Crippen molar-refractivity contribution in [2.75, 3.05) is 18.5 Å². The molecule has 0 aliphatic heterocycles. The van der Waals surface area contributed by atoms with E-state index < -0.39 is 11.9 Å². The predicted molar refractivity (Wildman–Crippen MR) is 162 cm³/mol. The number of hydrogen-bond donors (Lipinski definition) is 2. The summed E-state index contributed by atoms with van der Waals surface area (Å²) in [7, 11) is 0. The zero-order valence-corrected chi connectivity index (χ0v) is 23.3. The lowest BCUT2D eigenvalue weighted by atomic mass is 9.98. The number of aliphatic carboxylic acids is 1. The summed E-state index contributed by atoms with van der Waals surface area (Å²) in [5.41, 5.74) is 4.37. The molecule has 1 heterocycles. The molecular weight excluding hydrogens is 528 g/mol. The summed E-state index contributed by atoms with van der Waals surface area (Å²) in [6.45, 7) is 2.51. The van der Waals surface area contributed by atoms with Gasteiger partial charge in [0.05, 0.1) is 18.2 Å². The van der Waals surface area contributed by atoms with Crippen molar-refractivity contribution in [2.24, 2.45) is 5.92 Å². The molecule has 42 heavy (non-hydrogen) atoms. The van der Waals surface area contributed by atoms with Crippen molar-refractivity contribution in [3.05, 3.63) is 137 Å². The van der Waals surface area contributed by atoms with Crippen molar-refractivity contribution >= 4 is 17.4 Å². The maximum Gasteiger partial charge on any atom is 0.308 e. The fraction of sp³-hybridized carbons (Fsp3) is 0.171. The predicted octanol–water partition coefficient (Wildman–Crippen LogP) is 6.86. The smallest absolute Gasteiger partial charge is 0.308 e. The first-order chi connectivity index (χ1) is 20.5. The van der Waals surface area contributed by atoms with Crippen molar-refractivity contribution in [2.45, 2.75) is 19.8 Å². The van der Waals surface area contributed by atoms with Crippen molar-refractivity contribution in [3.63, 3.8) is 0 Å². The minimum atomic E-state index is -0.910. The number of carbonyl (C=O) groups excluding carboxylic acids is 1. The van der Waals surface area contributed by atoms with Crippen LogP contribution >= 0.6 is 0 Å². The second-order valence-corrected chi connectivity index (χ2v) is 9.99. The van der Waals surface area contributed by atoms with Gasteiger partial charge in [0, 0.05) is 35.3 Å². The molecule has 0 unspecified atom stereocenters. The number of carboxylic acids is 1. The molecule has 4 aromatic carbocycles. The molecule has 5 rings (SSSR count). The molecule has 0 saturated carbocycles. The van der Waals surface area contributed by atoms with Gasteiger partial charge in [0.2, 0.25) is 5.89 Å². The Balaban J connectivity index is 1.15. The summed E-state index contributed by atoms with van der Waals surface area (Å²) in [6.07, 6.45) is 0.933. The highest BCUT2D eigenvalue weighted by atomic mass is 16.5. The number of aromatic nitrogens is 1. The molecule has 212 valence electrons. The summed E-state index contributed by atoms with van der Waals surface area (Å²) < 4.78 is 11.7. The third-order valence-corrected chi connectivity index (χ3v) is 7.02. The SMILES string of the molecule is Cc1oc(-c2ccccc2)nc1CCOc1ccc(C[C@H](CNc2ccccc2C(=O)c2ccccc2)C(=O)O)cc1. The van der Waals surface area contributed by atoms with E-state index in [0.29, 0.717) is 47.9 Å². The van der Waals surface area contributed by atoms with Crippen LogP contribution in [0.1, 0.15) is 32.9 Å². The van der Waals surface area contributed by atoms with Crippen molar-refractivity contribution in [1.82, 2.24) is 4.98 Å². The summed E-state index contributed by atoms with van der Waals surface area (Å²) in [5.74, 6) is 0.352. The van der Waals surface area contributed by atoms with Crippen LogP contribution in [0.25, 0.3) is 11.5 Å². The zero-order chi connectivity index (χ0) is 29.3. The molecular formula is C35H32N2O5. The number of hydrogen-bond acceptors (Lipinski definition) is 6. The van der Waals surface area contributed by atoms with Crippen molar-refractivity contribution in [1.29, 1.82) is 0 Å². The summed E-state index contributed by atoms with van der Waals surface area (Å²) in [4.78, 5) is 29.7. The fourth-order valence-corrected chi connectivity index (χ4v) is 4.70. The number of benzene rings is 4. The number of ether oxygens (including phenoxy) is 1. The topological polar surface area (TPSA) is 102 Å². The molecule has 0 aliphatic carbocycles. The van der Waals surface area contributed by atoms with Crippen LogP contribution in [0.3, 0.4) is 0 Å². The molecule has 7 heteroatoms. The van der Waals surface area contributed by atoms with Crippen LogP contribution in [0.15, 0.2) is 114 Å². The van der Waals surface area contributed by atoms with Gasteiger partial charge in [0.1, 0.15) is 11.5 Å². The lowest BCUT2D eigenvalue weighted by Gasteiger charge is -2.17. The van der Waals surface area contributed by atoms with Gasteiger partial charge in [-0.05, 0) is 55.3 Å². The van der Waals surface area contributed by atoms with Crippen LogP contribution in [-0.4, -0.2) is 35.0 Å². The molecule has 0 spiro atoms. The Hall–Kier alpha value is -5.17. The van der Waals surface area contributed by atoms with E-state index in [4.69, 9.17) is 9.15 Å². The normalized spacial score (nSPS) is 11.5. The Bertz CT molecular complexity index is 1630. The maximum atomic E-state index is 13.0. The molecule has 7 nitrogen and oxygen atoms in total. The van der Waals surface area contributed by atoms with Crippen LogP contribution in [-0.2, 0) is 17.6 Å². The van der Waals surface area contributed by atoms with E-state index in [1.807, 2.05) is 85.8 Å². The molecule has 0 aliphatic rings. The van der Waals surface area contributed by atoms with E-state index in [1.54, 1.807) is 30.3 Å². The Morgan fingerprint density at radius 2 is 1.55 bits per heavy atom. The molecule has 0 saturated heterocycles. The third-order valence-electron chi connectivity index (χ3n) is 7.02. The molecule has 0 fully saturated rings. The second kappa shape index (κ2) is 13.5. The number of rotatable bonds is 13. The number of ketones is 1. The van der Waals surface area contributed by atoms with E-state index in [2.05, 4.69) is 10.3 Å². The van der Waals surface area contributed by atoms with E-state index >= 15 is 0 Å². The van der Waals surface area contributed by atoms with Crippen LogP contribution in [0.2, 0.25) is 0 Å². The van der Waals surface area contributed by atoms with Gasteiger partial charge < -0.3 is 19.6 Å².